The Labute approximate surface area is 388 Å². The highest BCUT2D eigenvalue weighted by molar-refractivity contribution is 7.27. The lowest BCUT2D eigenvalue weighted by Crippen LogP contribution is -2.55. The number of hydrogen-bond donors (Lipinski definition) is 0. The number of rotatable bonds is 7. The van der Waals surface area contributed by atoms with Gasteiger partial charge in [-0.2, -0.15) is 0 Å². The third-order valence-electron chi connectivity index (χ3n) is 13.5. The van der Waals surface area contributed by atoms with Gasteiger partial charge in [0, 0.05) is 60.3 Å². The molecule has 0 aliphatic heterocycles. The van der Waals surface area contributed by atoms with Crippen LogP contribution < -0.4 is 10.4 Å². The van der Waals surface area contributed by atoms with E-state index in [2.05, 4.69) is 181 Å². The number of carbonyl (C=O) groups is 1. The number of thiophene rings is 6. The summed E-state index contributed by atoms with van der Waals surface area (Å²) < 4.78 is 0. The van der Waals surface area contributed by atoms with Crippen molar-refractivity contribution in [3.63, 3.8) is 0 Å². The first-order chi connectivity index (χ1) is 29.6. The number of ketones is 1. The van der Waals surface area contributed by atoms with Crippen molar-refractivity contribution in [3.8, 4) is 39.0 Å². The molecule has 0 unspecified atom stereocenters. The lowest BCUT2D eigenvalue weighted by molar-refractivity contribution is 0.104. The molecule has 4 aliphatic carbocycles. The molecule has 0 radical (unpaired) electrons. The molecule has 2 atom stereocenters. The predicted molar refractivity (Wildman–Crippen MR) is 273 cm³/mol. The molecule has 0 fully saturated rings. The van der Waals surface area contributed by atoms with E-state index in [4.69, 9.17) is 0 Å². The normalized spacial score (nSPS) is 20.5. The van der Waals surface area contributed by atoms with Gasteiger partial charge >= 0.3 is 0 Å². The highest BCUT2D eigenvalue weighted by atomic mass is 32.1. The summed E-state index contributed by atoms with van der Waals surface area (Å²) in [5.74, 6) is 0.0810. The first-order valence-electron chi connectivity index (χ1n) is 21.1. The molecule has 0 saturated carbocycles. The van der Waals surface area contributed by atoms with E-state index < -0.39 is 0 Å². The molecule has 7 heteroatoms. The van der Waals surface area contributed by atoms with Crippen molar-refractivity contribution >= 4 is 90.5 Å². The quantitative estimate of drug-likeness (QED) is 0.146. The highest BCUT2D eigenvalue weighted by Crippen LogP contribution is 2.69. The molecule has 6 heterocycles. The van der Waals surface area contributed by atoms with E-state index in [1.54, 1.807) is 45.3 Å². The monoisotopic (exact) mass is 914 g/mol. The maximum absolute atomic E-state index is 14.6. The smallest absolute Gasteiger partial charge is 0.202 e. The molecule has 6 aromatic heterocycles. The number of fused-ring (bicyclic) bond motifs is 1. The van der Waals surface area contributed by atoms with Crippen LogP contribution in [0.2, 0.25) is 0 Å². The first kappa shape index (κ1) is 40.3. The van der Waals surface area contributed by atoms with Crippen LogP contribution >= 0.6 is 68.0 Å². The lowest BCUT2D eigenvalue weighted by atomic mass is 9.44. The van der Waals surface area contributed by atoms with Crippen molar-refractivity contribution in [1.29, 1.82) is 0 Å². The van der Waals surface area contributed by atoms with Gasteiger partial charge in [-0.15, -0.1) is 68.0 Å². The van der Waals surface area contributed by atoms with Crippen LogP contribution in [0.1, 0.15) is 75.5 Å². The summed E-state index contributed by atoms with van der Waals surface area (Å²) in [5.41, 5.74) is 9.19. The van der Waals surface area contributed by atoms with Crippen LogP contribution in [0.3, 0.4) is 0 Å². The number of carbonyl (C=O) groups excluding carboxylic acids is 1. The SMILES string of the molecule is CC(C)(C)C1=CC2=c3cc(C(=O)c4ccc(-c5ccc(-c6cccs6)s5)s4)ccc3=C3C=C(C(C)(C)C)C=C4C(c5ccc(-c6ccc(-c7cccs7)s6)s5)=CC(=C1)[C@]2(C)[C@@]43C. The molecular formula is C55H46OS6. The molecule has 4 aliphatic rings. The van der Waals surface area contributed by atoms with Gasteiger partial charge in [-0.1, -0.05) is 104 Å². The molecule has 0 N–H and O–H groups in total. The molecule has 1 aromatic carbocycles. The molecule has 7 aromatic rings. The van der Waals surface area contributed by atoms with Crippen LogP contribution in [-0.4, -0.2) is 5.78 Å². The lowest BCUT2D eigenvalue weighted by Gasteiger charge is -2.58. The molecule has 0 spiro atoms. The fourth-order valence-corrected chi connectivity index (χ4v) is 15.6. The third-order valence-corrected chi connectivity index (χ3v) is 20.4. The number of allylic oxidation sites excluding steroid dienone is 10. The van der Waals surface area contributed by atoms with Gasteiger partial charge in [-0.05, 0) is 144 Å². The largest absolute Gasteiger partial charge is 0.288 e. The molecule has 62 heavy (non-hydrogen) atoms. The average Bonchev–Trinajstić information content (AvgIpc) is 4.09. The molecule has 1 nitrogen and oxygen atoms in total. The third kappa shape index (κ3) is 6.17. The molecule has 308 valence electrons. The zero-order valence-electron chi connectivity index (χ0n) is 36.1. The average molecular weight is 915 g/mol. The predicted octanol–water partition coefficient (Wildman–Crippen LogP) is 16.2. The van der Waals surface area contributed by atoms with E-state index in [1.807, 2.05) is 28.7 Å². The summed E-state index contributed by atoms with van der Waals surface area (Å²) in [6.45, 7) is 18.9. The fraction of sp³-hybridized carbons (Fsp3) is 0.218. The Hall–Kier alpha value is -4.47. The van der Waals surface area contributed by atoms with Crippen LogP contribution in [0.5, 0.6) is 0 Å². The summed E-state index contributed by atoms with van der Waals surface area (Å²) in [7, 11) is 0. The van der Waals surface area contributed by atoms with Gasteiger partial charge in [0.25, 0.3) is 0 Å². The Balaban J connectivity index is 1.08. The van der Waals surface area contributed by atoms with Gasteiger partial charge in [0.05, 0.1) is 4.88 Å². The fourth-order valence-electron chi connectivity index (χ4n) is 9.76. The van der Waals surface area contributed by atoms with Crippen molar-refractivity contribution in [2.45, 2.75) is 55.4 Å². The van der Waals surface area contributed by atoms with Crippen LogP contribution in [0, 0.1) is 21.7 Å². The number of benzene rings is 1. The van der Waals surface area contributed by atoms with E-state index in [0.717, 1.165) is 15.3 Å². The summed E-state index contributed by atoms with van der Waals surface area (Å²) in [6.07, 6.45) is 12.5. The summed E-state index contributed by atoms with van der Waals surface area (Å²) in [5, 5.41) is 6.69. The topological polar surface area (TPSA) is 17.1 Å². The summed E-state index contributed by atoms with van der Waals surface area (Å²) >= 11 is 10.8. The van der Waals surface area contributed by atoms with Gasteiger partial charge in [-0.3, -0.25) is 4.79 Å². The van der Waals surface area contributed by atoms with Gasteiger partial charge in [-0.25, -0.2) is 0 Å². The van der Waals surface area contributed by atoms with Crippen molar-refractivity contribution in [1.82, 2.24) is 0 Å². The standard InChI is InChI=1S/C55H46OS6/c1-52(2,3)32-26-34-27-37(41-15-16-46(59-41)47-19-17-44(60-47)42-11-9-23-57-42)40-30-33(53(4,5)6)29-38-35-14-13-31(25-36(35)39(28-32)54(34,7)55(38,40)8)51(56)50-22-21-49(62-50)48-20-18-45(61-48)43-12-10-24-58-43/h9-30H,1-8H3/t54-,55+/m0/s1. The first-order valence-corrected chi connectivity index (χ1v) is 26.2. The maximum atomic E-state index is 14.6. The number of hydrogen-bond acceptors (Lipinski definition) is 7. The van der Waals surface area contributed by atoms with Gasteiger partial charge in [0.15, 0.2) is 0 Å². The Morgan fingerprint density at radius 1 is 0.484 bits per heavy atom. The highest BCUT2D eigenvalue weighted by Gasteiger charge is 2.59. The van der Waals surface area contributed by atoms with E-state index in [1.165, 1.54) is 88.5 Å². The van der Waals surface area contributed by atoms with Crippen LogP contribution in [0.15, 0.2) is 154 Å². The van der Waals surface area contributed by atoms with Crippen molar-refractivity contribution in [2.24, 2.45) is 21.7 Å². The van der Waals surface area contributed by atoms with Crippen molar-refractivity contribution < 1.29 is 4.79 Å². The maximum Gasteiger partial charge on any atom is 0.202 e. The van der Waals surface area contributed by atoms with Crippen molar-refractivity contribution in [3.05, 3.63) is 180 Å². The van der Waals surface area contributed by atoms with Gasteiger partial charge in [0.1, 0.15) is 0 Å². The van der Waals surface area contributed by atoms with E-state index in [0.29, 0.717) is 0 Å². The molecule has 0 amide bonds. The molecule has 0 bridgehead atoms. The second kappa shape index (κ2) is 14.3. The van der Waals surface area contributed by atoms with E-state index in [9.17, 15) is 4.79 Å². The molecule has 11 rings (SSSR count). The Kier molecular flexibility index (Phi) is 9.28. The minimum absolute atomic E-state index is 0.0743. The van der Waals surface area contributed by atoms with Crippen LogP contribution in [0.25, 0.3) is 55.7 Å². The molecular weight excluding hydrogens is 869 g/mol. The van der Waals surface area contributed by atoms with Gasteiger partial charge < -0.3 is 0 Å². The van der Waals surface area contributed by atoms with Crippen LogP contribution in [0.4, 0.5) is 0 Å². The minimum atomic E-state index is -0.375. The second-order valence-corrected chi connectivity index (χ2v) is 25.4. The zero-order valence-corrected chi connectivity index (χ0v) is 41.0. The van der Waals surface area contributed by atoms with Crippen LogP contribution in [-0.2, 0) is 0 Å². The molecule has 0 saturated heterocycles. The Morgan fingerprint density at radius 2 is 0.984 bits per heavy atom. The summed E-state index contributed by atoms with van der Waals surface area (Å²) in [6, 6.07) is 33.0. The summed E-state index contributed by atoms with van der Waals surface area (Å²) in [4.78, 5) is 26.8. The van der Waals surface area contributed by atoms with E-state index >= 15 is 0 Å². The Bertz CT molecular complexity index is 3290. The zero-order chi connectivity index (χ0) is 42.9. The van der Waals surface area contributed by atoms with Crippen molar-refractivity contribution in [2.75, 3.05) is 0 Å². The second-order valence-electron chi connectivity index (χ2n) is 19.2. The van der Waals surface area contributed by atoms with E-state index in [-0.39, 0.29) is 27.4 Å². The minimum Gasteiger partial charge on any atom is -0.288 e. The Morgan fingerprint density at radius 3 is 1.55 bits per heavy atom. The van der Waals surface area contributed by atoms with Gasteiger partial charge in [0.2, 0.25) is 5.78 Å².